The number of halogens is 2. The molecule has 0 saturated heterocycles. The highest BCUT2D eigenvalue weighted by Gasteiger charge is 2.21. The van der Waals surface area contributed by atoms with Gasteiger partial charge in [0.05, 0.1) is 27.6 Å². The third-order valence-corrected chi connectivity index (χ3v) is 9.99. The van der Waals surface area contributed by atoms with Gasteiger partial charge in [-0.1, -0.05) is 66.5 Å². The second-order valence-corrected chi connectivity index (χ2v) is 13.4. The Balaban J connectivity index is 1.27. The van der Waals surface area contributed by atoms with Crippen molar-refractivity contribution in [2.24, 2.45) is 0 Å². The van der Waals surface area contributed by atoms with Crippen molar-refractivity contribution < 1.29 is 19.1 Å². The molecule has 4 aromatic carbocycles. The summed E-state index contributed by atoms with van der Waals surface area (Å²) in [5.41, 5.74) is 2.97. The van der Waals surface area contributed by atoms with E-state index in [1.165, 1.54) is 29.2 Å². The van der Waals surface area contributed by atoms with Gasteiger partial charge in [-0.2, -0.15) is 0 Å². The number of anilines is 2. The number of ether oxygens (including phenoxy) is 1. The summed E-state index contributed by atoms with van der Waals surface area (Å²) in [6.07, 6.45) is 2.03. The molecule has 1 aromatic heterocycles. The highest BCUT2D eigenvalue weighted by atomic mass is 35.5. The first-order valence-electron chi connectivity index (χ1n) is 15.3. The number of amides is 3. The lowest BCUT2D eigenvalue weighted by Crippen LogP contribution is -2.30. The summed E-state index contributed by atoms with van der Waals surface area (Å²) in [6.45, 7) is 4.46. The molecule has 0 aliphatic carbocycles. The first kappa shape index (κ1) is 35.7. The van der Waals surface area contributed by atoms with Gasteiger partial charge in [-0.15, -0.1) is 23.1 Å². The van der Waals surface area contributed by atoms with Gasteiger partial charge in [0.25, 0.3) is 11.8 Å². The Morgan fingerprint density at radius 1 is 0.918 bits per heavy atom. The molecule has 5 rings (SSSR count). The van der Waals surface area contributed by atoms with E-state index in [-0.39, 0.29) is 16.6 Å². The van der Waals surface area contributed by atoms with E-state index in [0.717, 1.165) is 21.9 Å². The molecule has 0 fully saturated rings. The lowest BCUT2D eigenvalue weighted by atomic mass is 10.1. The molecule has 250 valence electrons. The van der Waals surface area contributed by atoms with E-state index in [4.69, 9.17) is 27.9 Å². The van der Waals surface area contributed by atoms with Gasteiger partial charge in [-0.05, 0) is 85.6 Å². The van der Waals surface area contributed by atoms with Crippen LogP contribution in [0.25, 0.3) is 17.3 Å². The molecule has 1 atom stereocenters. The smallest absolute Gasteiger partial charge is 0.272 e. The number of nitrogens with one attached hydrogen (secondary N) is 3. The minimum atomic E-state index is -0.570. The summed E-state index contributed by atoms with van der Waals surface area (Å²) in [5, 5.41) is 11.0. The molecule has 0 aliphatic heterocycles. The molecule has 49 heavy (non-hydrogen) atoms. The molecule has 3 N–H and O–H groups in total. The zero-order valence-corrected chi connectivity index (χ0v) is 29.7. The second kappa shape index (κ2) is 17.2. The number of nitrogens with zero attached hydrogens (tertiary/aromatic N) is 1. The van der Waals surface area contributed by atoms with Crippen LogP contribution in [0, 0.1) is 0 Å². The van der Waals surface area contributed by atoms with Gasteiger partial charge in [-0.25, -0.2) is 4.98 Å². The van der Waals surface area contributed by atoms with Crippen molar-refractivity contribution in [3.63, 3.8) is 0 Å². The van der Waals surface area contributed by atoms with E-state index in [1.54, 1.807) is 66.7 Å². The lowest BCUT2D eigenvalue weighted by molar-refractivity contribution is -0.116. The summed E-state index contributed by atoms with van der Waals surface area (Å²) in [5.74, 6) is -0.426. The summed E-state index contributed by atoms with van der Waals surface area (Å²) in [4.78, 5) is 45.3. The van der Waals surface area contributed by atoms with Crippen molar-refractivity contribution in [1.29, 1.82) is 0 Å². The third-order valence-electron chi connectivity index (χ3n) is 7.04. The molecular formula is C37H32Cl2N4O4S2. The van der Waals surface area contributed by atoms with E-state index < -0.39 is 17.1 Å². The van der Waals surface area contributed by atoms with Gasteiger partial charge in [0.15, 0.2) is 5.13 Å². The molecule has 0 spiro atoms. The summed E-state index contributed by atoms with van der Waals surface area (Å²) < 4.78 is 5.51. The first-order chi connectivity index (χ1) is 23.7. The van der Waals surface area contributed by atoms with Crippen molar-refractivity contribution >= 4 is 80.9 Å². The van der Waals surface area contributed by atoms with Crippen molar-refractivity contribution in [3.8, 4) is 17.0 Å². The number of thioether (sulfide) groups is 1. The Labute approximate surface area is 302 Å². The van der Waals surface area contributed by atoms with Crippen LogP contribution in [0.1, 0.15) is 36.2 Å². The highest BCUT2D eigenvalue weighted by Crippen LogP contribution is 2.31. The molecular weight excluding hydrogens is 699 g/mol. The van der Waals surface area contributed by atoms with Crippen LogP contribution in [0.2, 0.25) is 10.0 Å². The molecule has 1 heterocycles. The number of benzene rings is 4. The zero-order chi connectivity index (χ0) is 34.8. The van der Waals surface area contributed by atoms with Crippen LogP contribution in [0.3, 0.4) is 0 Å². The summed E-state index contributed by atoms with van der Waals surface area (Å²) in [7, 11) is 0. The van der Waals surface area contributed by atoms with Crippen LogP contribution in [0.15, 0.2) is 113 Å². The molecule has 0 saturated carbocycles. The van der Waals surface area contributed by atoms with Crippen LogP contribution in [-0.2, 0) is 9.59 Å². The number of hydrogen-bond acceptors (Lipinski definition) is 7. The molecule has 0 aliphatic rings. The fraction of sp³-hybridized carbons (Fsp3) is 0.135. The molecule has 1 unspecified atom stereocenters. The average molecular weight is 732 g/mol. The van der Waals surface area contributed by atoms with Crippen molar-refractivity contribution in [2.75, 3.05) is 17.2 Å². The van der Waals surface area contributed by atoms with Crippen LogP contribution in [-0.4, -0.2) is 34.6 Å². The predicted molar refractivity (Wildman–Crippen MR) is 201 cm³/mol. The van der Waals surface area contributed by atoms with E-state index in [2.05, 4.69) is 20.9 Å². The van der Waals surface area contributed by atoms with Gasteiger partial charge in [0.2, 0.25) is 5.91 Å². The molecule has 0 bridgehead atoms. The zero-order valence-electron chi connectivity index (χ0n) is 26.5. The Bertz CT molecular complexity index is 1970. The lowest BCUT2D eigenvalue weighted by Gasteiger charge is -2.15. The maximum atomic E-state index is 13.6. The van der Waals surface area contributed by atoms with Gasteiger partial charge in [0.1, 0.15) is 11.4 Å². The van der Waals surface area contributed by atoms with Crippen molar-refractivity contribution in [1.82, 2.24) is 10.3 Å². The first-order valence-corrected chi connectivity index (χ1v) is 17.8. The van der Waals surface area contributed by atoms with Crippen molar-refractivity contribution in [3.05, 3.63) is 129 Å². The summed E-state index contributed by atoms with van der Waals surface area (Å²) in [6, 6.07) is 28.4. The van der Waals surface area contributed by atoms with E-state index >= 15 is 0 Å². The maximum Gasteiger partial charge on any atom is 0.272 e. The molecule has 8 nitrogen and oxygen atoms in total. The quantitative estimate of drug-likeness (QED) is 0.0823. The van der Waals surface area contributed by atoms with Gasteiger partial charge < -0.3 is 20.7 Å². The predicted octanol–water partition coefficient (Wildman–Crippen LogP) is 9.43. The number of carbonyl (C=O) groups is 3. The van der Waals surface area contributed by atoms with Gasteiger partial charge in [0, 0.05) is 27.1 Å². The van der Waals surface area contributed by atoms with E-state index in [0.29, 0.717) is 40.0 Å². The largest absolute Gasteiger partial charge is 0.494 e. The minimum Gasteiger partial charge on any atom is -0.494 e. The van der Waals surface area contributed by atoms with Gasteiger partial charge >= 0.3 is 0 Å². The maximum absolute atomic E-state index is 13.6. The molecule has 5 aromatic rings. The third kappa shape index (κ3) is 9.73. The topological polar surface area (TPSA) is 109 Å². The summed E-state index contributed by atoms with van der Waals surface area (Å²) >= 11 is 15.3. The number of aromatic nitrogens is 1. The number of thiazole rings is 1. The Kier molecular flexibility index (Phi) is 12.5. The Hall–Kier alpha value is -4.61. The number of carbonyl (C=O) groups excluding carboxylic acids is 3. The molecule has 12 heteroatoms. The van der Waals surface area contributed by atoms with Crippen LogP contribution >= 0.6 is 46.3 Å². The molecule has 3 amide bonds. The van der Waals surface area contributed by atoms with Gasteiger partial charge in [-0.3, -0.25) is 14.4 Å². The molecule has 0 radical (unpaired) electrons. The van der Waals surface area contributed by atoms with Crippen LogP contribution in [0.4, 0.5) is 10.8 Å². The highest BCUT2D eigenvalue weighted by molar-refractivity contribution is 8.00. The Morgan fingerprint density at radius 2 is 1.67 bits per heavy atom. The van der Waals surface area contributed by atoms with E-state index in [9.17, 15) is 14.4 Å². The average Bonchev–Trinajstić information content (AvgIpc) is 3.58. The SMILES string of the molecule is CCOc1ccc(-c2csc(NC(=O)C(CC)Sc3cccc(NC(=O)/C(=C\c4cccc(Cl)c4Cl)NC(=O)c4ccccc4)c3)n2)cc1. The van der Waals surface area contributed by atoms with E-state index in [1.807, 2.05) is 49.6 Å². The number of rotatable bonds is 13. The number of hydrogen-bond donors (Lipinski definition) is 3. The standard InChI is InChI=1S/C37H32Cl2N4O4S2/c1-3-32(36(46)43-37-42-31(22-48-37)23-16-18-27(19-17-23)47-4-2)49-28-14-9-13-26(21-28)40-35(45)30(20-25-12-8-15-29(38)33(25)39)41-34(44)24-10-6-5-7-11-24/h5-22,32H,3-4H2,1-2H3,(H,40,45)(H,41,44)(H,42,43,46)/b30-20+. The second-order valence-electron chi connectivity index (χ2n) is 10.5. The van der Waals surface area contributed by atoms with Crippen molar-refractivity contribution in [2.45, 2.75) is 30.4 Å². The fourth-order valence-corrected chi connectivity index (χ4v) is 6.70. The normalized spacial score (nSPS) is 11.8. The Morgan fingerprint density at radius 3 is 2.41 bits per heavy atom. The van der Waals surface area contributed by atoms with Crippen LogP contribution in [0.5, 0.6) is 5.75 Å². The minimum absolute atomic E-state index is 0.0325. The van der Waals surface area contributed by atoms with Crippen LogP contribution < -0.4 is 20.7 Å². The monoisotopic (exact) mass is 730 g/mol. The fourth-order valence-electron chi connectivity index (χ4n) is 4.60.